The third-order valence-corrected chi connectivity index (χ3v) is 5.99. The fraction of sp³-hybridized carbons (Fsp3) is 0.182. The summed E-state index contributed by atoms with van der Waals surface area (Å²) < 4.78 is 2.09. The van der Waals surface area contributed by atoms with Crippen LogP contribution in [0.15, 0.2) is 47.8 Å². The first-order valence-corrected chi connectivity index (χ1v) is 10.7. The Hall–Kier alpha value is -3.10. The van der Waals surface area contributed by atoms with E-state index in [0.29, 0.717) is 15.7 Å². The fourth-order valence-corrected chi connectivity index (χ4v) is 3.99. The summed E-state index contributed by atoms with van der Waals surface area (Å²) in [4.78, 5) is 17.2. The van der Waals surface area contributed by atoms with Gasteiger partial charge < -0.3 is 5.32 Å². The van der Waals surface area contributed by atoms with Gasteiger partial charge in [0.15, 0.2) is 15.7 Å². The zero-order chi connectivity index (χ0) is 21.3. The molecule has 8 heteroatoms. The number of nitrogens with zero attached hydrogens (tertiary/aromatic N) is 3. The van der Waals surface area contributed by atoms with Crippen molar-refractivity contribution in [1.82, 2.24) is 19.7 Å². The number of carbonyl (C=O) groups is 1. The van der Waals surface area contributed by atoms with Gasteiger partial charge in [0.25, 0.3) is 0 Å². The van der Waals surface area contributed by atoms with E-state index in [4.69, 9.17) is 12.2 Å². The number of amides is 1. The van der Waals surface area contributed by atoms with Crippen molar-refractivity contribution in [3.05, 3.63) is 69.3 Å². The third-order valence-electron chi connectivity index (χ3n) is 4.92. The number of anilines is 1. The Morgan fingerprint density at radius 2 is 1.83 bits per heavy atom. The monoisotopic (exact) mass is 435 g/mol. The summed E-state index contributed by atoms with van der Waals surface area (Å²) in [5.74, 6) is 0.423. The average Bonchev–Trinajstić information content (AvgIpc) is 3.32. The molecule has 6 nitrogen and oxygen atoms in total. The van der Waals surface area contributed by atoms with Crippen molar-refractivity contribution in [3.8, 4) is 22.6 Å². The lowest BCUT2D eigenvalue weighted by atomic mass is 10.1. The second kappa shape index (κ2) is 8.33. The summed E-state index contributed by atoms with van der Waals surface area (Å²) >= 11 is 6.72. The first kappa shape index (κ1) is 20.2. The standard InChI is InChI=1S/C22H21N5OS2/c1-13-4-7-16(8-5-13)20-25-26-22(29)27(20)11-19(28)24-21-23-18(12-30-21)17-9-6-14(2)15(3)10-17/h4-10,12H,11H2,1-3H3,(H,26,29)(H,23,24,28). The maximum absolute atomic E-state index is 12.7. The van der Waals surface area contributed by atoms with Crippen LogP contribution in [-0.2, 0) is 11.3 Å². The van der Waals surface area contributed by atoms with Gasteiger partial charge in [-0.2, -0.15) is 5.10 Å². The van der Waals surface area contributed by atoms with Crippen LogP contribution in [0.1, 0.15) is 16.7 Å². The van der Waals surface area contributed by atoms with Gasteiger partial charge in [0.05, 0.1) is 5.69 Å². The van der Waals surface area contributed by atoms with Crippen LogP contribution in [0.25, 0.3) is 22.6 Å². The second-order valence-corrected chi connectivity index (χ2v) is 8.43. The Bertz CT molecular complexity index is 1270. The van der Waals surface area contributed by atoms with Gasteiger partial charge in [0, 0.05) is 16.5 Å². The minimum atomic E-state index is -0.207. The number of thiazole rings is 1. The molecule has 0 saturated carbocycles. The van der Waals surface area contributed by atoms with Crippen molar-refractivity contribution in [2.24, 2.45) is 0 Å². The number of benzene rings is 2. The number of hydrogen-bond donors (Lipinski definition) is 2. The lowest BCUT2D eigenvalue weighted by Gasteiger charge is -2.07. The van der Waals surface area contributed by atoms with Crippen LogP contribution in [0, 0.1) is 25.5 Å². The van der Waals surface area contributed by atoms with Gasteiger partial charge in [-0.05, 0) is 50.2 Å². The Morgan fingerprint density at radius 1 is 1.10 bits per heavy atom. The van der Waals surface area contributed by atoms with Crippen molar-refractivity contribution in [1.29, 1.82) is 0 Å². The molecule has 2 aromatic carbocycles. The normalized spacial score (nSPS) is 10.9. The Labute approximate surface area is 183 Å². The molecule has 30 heavy (non-hydrogen) atoms. The molecule has 2 aromatic heterocycles. The molecule has 0 radical (unpaired) electrons. The van der Waals surface area contributed by atoms with E-state index in [1.807, 2.05) is 42.6 Å². The first-order valence-electron chi connectivity index (χ1n) is 9.46. The molecule has 0 spiro atoms. The fourth-order valence-electron chi connectivity index (χ4n) is 3.05. The SMILES string of the molecule is Cc1ccc(-c2n[nH]c(=S)n2CC(=O)Nc2nc(-c3ccc(C)c(C)c3)cs2)cc1. The van der Waals surface area contributed by atoms with E-state index >= 15 is 0 Å². The highest BCUT2D eigenvalue weighted by atomic mass is 32.1. The topological polar surface area (TPSA) is 75.6 Å². The molecule has 0 aliphatic heterocycles. The Kier molecular flexibility index (Phi) is 5.61. The Balaban J connectivity index is 1.50. The number of rotatable bonds is 5. The lowest BCUT2D eigenvalue weighted by molar-refractivity contribution is -0.116. The van der Waals surface area contributed by atoms with E-state index in [2.05, 4.69) is 46.5 Å². The van der Waals surface area contributed by atoms with E-state index in [1.165, 1.54) is 22.5 Å². The number of H-pyrrole nitrogens is 1. The van der Waals surface area contributed by atoms with Crippen molar-refractivity contribution in [2.45, 2.75) is 27.3 Å². The van der Waals surface area contributed by atoms with Gasteiger partial charge in [-0.15, -0.1) is 11.3 Å². The molecule has 0 aliphatic rings. The summed E-state index contributed by atoms with van der Waals surface area (Å²) in [5.41, 5.74) is 6.38. The number of carbonyl (C=O) groups excluding carboxylic acids is 1. The molecule has 4 rings (SSSR count). The van der Waals surface area contributed by atoms with Crippen LogP contribution in [0.2, 0.25) is 0 Å². The number of aromatic amines is 1. The van der Waals surface area contributed by atoms with Crippen LogP contribution in [0.5, 0.6) is 0 Å². The van der Waals surface area contributed by atoms with Gasteiger partial charge in [0.2, 0.25) is 5.91 Å². The van der Waals surface area contributed by atoms with Crippen molar-refractivity contribution >= 4 is 34.6 Å². The van der Waals surface area contributed by atoms with Crippen molar-refractivity contribution in [2.75, 3.05) is 5.32 Å². The van der Waals surface area contributed by atoms with Gasteiger partial charge in [0.1, 0.15) is 6.54 Å². The molecule has 0 fully saturated rings. The molecule has 0 aliphatic carbocycles. The van der Waals surface area contributed by atoms with Crippen molar-refractivity contribution in [3.63, 3.8) is 0 Å². The zero-order valence-electron chi connectivity index (χ0n) is 16.9. The number of aromatic nitrogens is 4. The first-order chi connectivity index (χ1) is 14.4. The van der Waals surface area contributed by atoms with Crippen LogP contribution in [0.4, 0.5) is 5.13 Å². The molecule has 0 atom stereocenters. The van der Waals surface area contributed by atoms with Gasteiger partial charge in [-0.1, -0.05) is 42.0 Å². The van der Waals surface area contributed by atoms with E-state index < -0.39 is 0 Å². The highest BCUT2D eigenvalue weighted by molar-refractivity contribution is 7.71. The van der Waals surface area contributed by atoms with Gasteiger partial charge >= 0.3 is 0 Å². The average molecular weight is 436 g/mol. The van der Waals surface area contributed by atoms with Crippen LogP contribution in [0.3, 0.4) is 0 Å². The zero-order valence-corrected chi connectivity index (χ0v) is 18.5. The predicted octanol–water partition coefficient (Wildman–Crippen LogP) is 5.30. The van der Waals surface area contributed by atoms with Crippen LogP contribution >= 0.6 is 23.6 Å². The maximum Gasteiger partial charge on any atom is 0.246 e. The summed E-state index contributed by atoms with van der Waals surface area (Å²) in [5, 5.41) is 12.4. The number of aryl methyl sites for hydroxylation is 3. The molecular formula is C22H21N5OS2. The highest BCUT2D eigenvalue weighted by Crippen LogP contribution is 2.26. The summed E-state index contributed by atoms with van der Waals surface area (Å²) in [6.45, 7) is 6.23. The summed E-state index contributed by atoms with van der Waals surface area (Å²) in [7, 11) is 0. The van der Waals surface area contributed by atoms with Gasteiger partial charge in [-0.3, -0.25) is 14.5 Å². The molecule has 0 bridgehead atoms. The van der Waals surface area contributed by atoms with E-state index in [1.54, 1.807) is 4.57 Å². The van der Waals surface area contributed by atoms with E-state index in [0.717, 1.165) is 22.4 Å². The molecule has 1 amide bonds. The molecule has 2 heterocycles. The predicted molar refractivity (Wildman–Crippen MR) is 123 cm³/mol. The van der Waals surface area contributed by atoms with Gasteiger partial charge in [-0.25, -0.2) is 4.98 Å². The maximum atomic E-state index is 12.7. The summed E-state index contributed by atoms with van der Waals surface area (Å²) in [6.07, 6.45) is 0. The van der Waals surface area contributed by atoms with E-state index in [9.17, 15) is 4.79 Å². The molecule has 0 unspecified atom stereocenters. The van der Waals surface area contributed by atoms with Crippen LogP contribution in [-0.4, -0.2) is 25.7 Å². The van der Waals surface area contributed by atoms with E-state index in [-0.39, 0.29) is 12.5 Å². The highest BCUT2D eigenvalue weighted by Gasteiger charge is 2.14. The molecule has 152 valence electrons. The number of nitrogens with one attached hydrogen (secondary N) is 2. The minimum absolute atomic E-state index is 0.0527. The van der Waals surface area contributed by atoms with Crippen LogP contribution < -0.4 is 5.32 Å². The molecule has 0 saturated heterocycles. The lowest BCUT2D eigenvalue weighted by Crippen LogP contribution is -2.19. The minimum Gasteiger partial charge on any atom is -0.300 e. The van der Waals surface area contributed by atoms with Crippen molar-refractivity contribution < 1.29 is 4.79 Å². The second-order valence-electron chi connectivity index (χ2n) is 7.19. The molecular weight excluding hydrogens is 414 g/mol. The Morgan fingerprint density at radius 3 is 2.57 bits per heavy atom. The smallest absolute Gasteiger partial charge is 0.246 e. The largest absolute Gasteiger partial charge is 0.300 e. The molecule has 2 N–H and O–H groups in total. The summed E-state index contributed by atoms with van der Waals surface area (Å²) in [6, 6.07) is 14.2. The quantitative estimate of drug-likeness (QED) is 0.417. The number of hydrogen-bond acceptors (Lipinski definition) is 5. The third kappa shape index (κ3) is 4.24. The molecule has 4 aromatic rings.